The van der Waals surface area contributed by atoms with Gasteiger partial charge in [-0.1, -0.05) is 46.8 Å². The normalized spacial score (nSPS) is 12.4. The predicted molar refractivity (Wildman–Crippen MR) is 110 cm³/mol. The van der Waals surface area contributed by atoms with Gasteiger partial charge >= 0.3 is 5.97 Å². The van der Waals surface area contributed by atoms with Crippen LogP contribution in [-0.4, -0.2) is 26.1 Å². The number of carbonyl (C=O) groups excluding carboxylic acids is 1. The van der Waals surface area contributed by atoms with Crippen LogP contribution >= 0.6 is 0 Å². The van der Waals surface area contributed by atoms with Crippen LogP contribution in [-0.2, 0) is 10.2 Å². The number of benzene rings is 1. The zero-order valence-electron chi connectivity index (χ0n) is 17.4. The first-order valence-electron chi connectivity index (χ1n) is 9.47. The summed E-state index contributed by atoms with van der Waals surface area (Å²) in [6.45, 7) is 11.2. The van der Waals surface area contributed by atoms with Gasteiger partial charge in [0.15, 0.2) is 0 Å². The first-order chi connectivity index (χ1) is 13.6. The van der Waals surface area contributed by atoms with Crippen molar-refractivity contribution in [2.75, 3.05) is 0 Å². The molecule has 0 aliphatic heterocycles. The van der Waals surface area contributed by atoms with Gasteiger partial charge in [-0.05, 0) is 57.1 Å². The van der Waals surface area contributed by atoms with E-state index in [4.69, 9.17) is 9.57 Å². The Morgan fingerprint density at radius 2 is 1.83 bits per heavy atom. The van der Waals surface area contributed by atoms with Crippen molar-refractivity contribution >= 4 is 17.1 Å². The summed E-state index contributed by atoms with van der Waals surface area (Å²) in [5, 5.41) is 7.61. The molecular formula is C22H26N4O3. The lowest BCUT2D eigenvalue weighted by Gasteiger charge is -2.33. The second kappa shape index (κ2) is 8.03. The molecule has 0 atom stereocenters. The number of hydrogen-bond acceptors (Lipinski definition) is 6. The fourth-order valence-electron chi connectivity index (χ4n) is 3.50. The lowest BCUT2D eigenvalue weighted by molar-refractivity contribution is -0.139. The fourth-order valence-corrected chi connectivity index (χ4v) is 3.50. The molecule has 0 fully saturated rings. The van der Waals surface area contributed by atoms with Gasteiger partial charge < -0.3 is 9.57 Å². The Hall–Kier alpha value is -3.22. The van der Waals surface area contributed by atoms with Gasteiger partial charge in [-0.15, -0.1) is 5.10 Å². The van der Waals surface area contributed by atoms with Crippen LogP contribution in [0.25, 0.3) is 11.2 Å². The van der Waals surface area contributed by atoms with Gasteiger partial charge in [-0.25, -0.2) is 9.78 Å². The topological polar surface area (TPSA) is 79.1 Å². The van der Waals surface area contributed by atoms with E-state index in [1.165, 1.54) is 17.9 Å². The summed E-state index contributed by atoms with van der Waals surface area (Å²) in [6.07, 6.45) is 5.09. The molecule has 3 aromatic rings. The fraction of sp³-hybridized carbons (Fsp3) is 0.364. The van der Waals surface area contributed by atoms with Crippen molar-refractivity contribution in [2.45, 2.75) is 46.5 Å². The van der Waals surface area contributed by atoms with Crippen molar-refractivity contribution in [3.8, 4) is 5.75 Å². The highest BCUT2D eigenvalue weighted by Gasteiger charge is 2.27. The average molecular weight is 394 g/mol. The van der Waals surface area contributed by atoms with Crippen molar-refractivity contribution in [3.05, 3.63) is 60.5 Å². The molecule has 0 bridgehead atoms. The van der Waals surface area contributed by atoms with Crippen LogP contribution < -0.4 is 9.57 Å². The number of hydrogen-bond donors (Lipinski definition) is 0. The molecular weight excluding hydrogens is 368 g/mol. The summed E-state index contributed by atoms with van der Waals surface area (Å²) in [6, 6.07) is 11.4. The van der Waals surface area contributed by atoms with Crippen molar-refractivity contribution in [2.24, 2.45) is 5.41 Å². The van der Waals surface area contributed by atoms with Crippen LogP contribution in [0.3, 0.4) is 0 Å². The molecule has 0 spiro atoms. The number of pyridine rings is 1. The lowest BCUT2D eigenvalue weighted by Crippen LogP contribution is -2.24. The zero-order chi connectivity index (χ0) is 21.1. The summed E-state index contributed by atoms with van der Waals surface area (Å²) in [7, 11) is 0. The van der Waals surface area contributed by atoms with E-state index in [9.17, 15) is 4.79 Å². The van der Waals surface area contributed by atoms with Gasteiger partial charge in [0.05, 0.1) is 12.3 Å². The maximum Gasteiger partial charge on any atom is 0.361 e. The molecule has 7 nitrogen and oxygen atoms in total. The molecule has 2 heterocycles. The third-order valence-electron chi connectivity index (χ3n) is 4.37. The van der Waals surface area contributed by atoms with Crippen LogP contribution in [0.4, 0.5) is 0 Å². The second-order valence-electron chi connectivity index (χ2n) is 8.79. The largest absolute Gasteiger partial charge is 0.465 e. The molecule has 0 unspecified atom stereocenters. The smallest absolute Gasteiger partial charge is 0.361 e. The van der Waals surface area contributed by atoms with E-state index in [2.05, 4.69) is 62.0 Å². The first-order valence-corrected chi connectivity index (χ1v) is 9.47. The number of nitrogens with zero attached hydrogens (tertiary/aromatic N) is 4. The van der Waals surface area contributed by atoms with Gasteiger partial charge in [0.25, 0.3) is 0 Å². The molecule has 0 N–H and O–H groups in total. The van der Waals surface area contributed by atoms with Crippen LogP contribution in [0.1, 0.15) is 46.6 Å². The van der Waals surface area contributed by atoms with E-state index in [-0.39, 0.29) is 10.8 Å². The molecule has 152 valence electrons. The Balaban J connectivity index is 1.58. The summed E-state index contributed by atoms with van der Waals surface area (Å²) >= 11 is 0. The lowest BCUT2D eigenvalue weighted by atomic mass is 9.72. The molecule has 2 aromatic heterocycles. The van der Waals surface area contributed by atoms with E-state index in [1.807, 2.05) is 12.1 Å². The number of aromatic nitrogens is 4. The maximum absolute atomic E-state index is 12.0. The zero-order valence-corrected chi connectivity index (χ0v) is 17.4. The second-order valence-corrected chi connectivity index (χ2v) is 8.79. The van der Waals surface area contributed by atoms with Crippen molar-refractivity contribution in [1.82, 2.24) is 20.1 Å². The number of carbonyl (C=O) groups is 1. The van der Waals surface area contributed by atoms with Crippen LogP contribution in [0, 0.1) is 5.41 Å². The van der Waals surface area contributed by atoms with E-state index in [0.717, 1.165) is 11.3 Å². The molecule has 29 heavy (non-hydrogen) atoms. The van der Waals surface area contributed by atoms with Crippen LogP contribution in [0.2, 0.25) is 0 Å². The quantitative estimate of drug-likeness (QED) is 0.356. The summed E-state index contributed by atoms with van der Waals surface area (Å²) in [5.41, 5.74) is 2.45. The summed E-state index contributed by atoms with van der Waals surface area (Å²) in [5.74, 6) is -0.0115. The van der Waals surface area contributed by atoms with E-state index in [0.29, 0.717) is 16.9 Å². The van der Waals surface area contributed by atoms with Gasteiger partial charge in [-0.2, -0.15) is 0 Å². The molecule has 3 rings (SSSR count). The third kappa shape index (κ3) is 5.40. The van der Waals surface area contributed by atoms with Gasteiger partial charge in [-0.3, -0.25) is 0 Å². The Morgan fingerprint density at radius 3 is 2.52 bits per heavy atom. The molecule has 7 heteroatoms. The van der Waals surface area contributed by atoms with E-state index in [1.54, 1.807) is 18.3 Å². The highest BCUT2D eigenvalue weighted by Crippen LogP contribution is 2.36. The number of ether oxygens (including phenoxy) is 1. The van der Waals surface area contributed by atoms with Gasteiger partial charge in [0.1, 0.15) is 11.3 Å². The predicted octanol–water partition coefficient (Wildman–Crippen LogP) is 4.09. The van der Waals surface area contributed by atoms with Crippen LogP contribution in [0.15, 0.2) is 54.9 Å². The highest BCUT2D eigenvalue weighted by atomic mass is 16.7. The molecule has 0 aliphatic carbocycles. The Labute approximate surface area is 170 Å². The highest BCUT2D eigenvalue weighted by molar-refractivity contribution is 5.82. The molecule has 0 amide bonds. The summed E-state index contributed by atoms with van der Waals surface area (Å²) < 4.78 is 5.51. The first kappa shape index (κ1) is 20.5. The Morgan fingerprint density at radius 1 is 1.10 bits per heavy atom. The van der Waals surface area contributed by atoms with Gasteiger partial charge in [0.2, 0.25) is 5.65 Å². The molecule has 1 aromatic carbocycles. The number of rotatable bonds is 6. The number of fused-ring (bicyclic) bond motifs is 1. The minimum absolute atomic E-state index is 0.0605. The average Bonchev–Trinajstić information content (AvgIpc) is 3.03. The SMILES string of the molecule is CC(C)(C)CC(C)(C)c1ccc(OC=CC(=O)On2nnc3cccnc32)cc1. The van der Waals surface area contributed by atoms with Crippen molar-refractivity contribution in [3.63, 3.8) is 0 Å². The Kier molecular flexibility index (Phi) is 5.68. The minimum atomic E-state index is -0.648. The maximum atomic E-state index is 12.0. The van der Waals surface area contributed by atoms with Gasteiger partial charge in [0, 0.05) is 6.20 Å². The van der Waals surface area contributed by atoms with Crippen molar-refractivity contribution in [1.29, 1.82) is 0 Å². The van der Waals surface area contributed by atoms with E-state index >= 15 is 0 Å². The minimum Gasteiger partial charge on any atom is -0.465 e. The molecule has 0 saturated carbocycles. The molecule has 0 radical (unpaired) electrons. The standard InChI is InChI=1S/C22H26N4O3/c1-21(2,3)15-22(4,5)16-8-10-17(11-9-16)28-14-12-19(27)29-26-20-18(24-25-26)7-6-13-23-20/h6-14H,15H2,1-5H3. The third-order valence-corrected chi connectivity index (χ3v) is 4.37. The summed E-state index contributed by atoms with van der Waals surface area (Å²) in [4.78, 5) is 22.1. The van der Waals surface area contributed by atoms with Crippen LogP contribution in [0.5, 0.6) is 5.75 Å². The Bertz CT molecular complexity index is 1010. The molecule has 0 saturated heterocycles. The molecule has 0 aliphatic rings. The van der Waals surface area contributed by atoms with Crippen molar-refractivity contribution < 1.29 is 14.4 Å². The monoisotopic (exact) mass is 394 g/mol. The van der Waals surface area contributed by atoms with E-state index < -0.39 is 5.97 Å².